The Morgan fingerprint density at radius 3 is 1.44 bits per heavy atom. The third-order valence-corrected chi connectivity index (χ3v) is 15.3. The highest BCUT2D eigenvalue weighted by Gasteiger charge is 2.38. The maximum absolute atomic E-state index is 12.4. The molecule has 0 spiro atoms. The van der Waals surface area contributed by atoms with Gasteiger partial charge >= 0.3 is 11.9 Å². The van der Waals surface area contributed by atoms with Gasteiger partial charge in [0.15, 0.2) is 0 Å². The van der Waals surface area contributed by atoms with Gasteiger partial charge in [0.1, 0.15) is 12.2 Å². The second-order valence-electron chi connectivity index (χ2n) is 19.8. The van der Waals surface area contributed by atoms with E-state index in [2.05, 4.69) is 85.2 Å². The van der Waals surface area contributed by atoms with Crippen molar-refractivity contribution >= 4 is 11.9 Å². The highest BCUT2D eigenvalue weighted by atomic mass is 16.5. The summed E-state index contributed by atoms with van der Waals surface area (Å²) in [5.41, 5.74) is 8.74. The molecular formula is C52H82N6O6. The molecule has 0 aromatic heterocycles. The van der Waals surface area contributed by atoms with Crippen LogP contribution in [0.5, 0.6) is 0 Å². The average Bonchev–Trinajstić information content (AvgIpc) is 3.33. The molecule has 4 bridgehead atoms. The van der Waals surface area contributed by atoms with Gasteiger partial charge in [0.25, 0.3) is 0 Å². The number of likely N-dealkylation sites (tertiary alicyclic amines) is 2. The van der Waals surface area contributed by atoms with E-state index in [4.69, 9.17) is 24.7 Å². The predicted molar refractivity (Wildman–Crippen MR) is 253 cm³/mol. The average molecular weight is 887 g/mol. The molecule has 64 heavy (non-hydrogen) atoms. The fourth-order valence-electron chi connectivity index (χ4n) is 11.3. The van der Waals surface area contributed by atoms with Crippen LogP contribution in [-0.4, -0.2) is 166 Å². The Kier molecular flexibility index (Phi) is 19.8. The first-order valence-electron chi connectivity index (χ1n) is 25.2. The largest absolute Gasteiger partial charge is 0.461 e. The van der Waals surface area contributed by atoms with E-state index in [0.29, 0.717) is 30.7 Å². The molecule has 10 rings (SSSR count). The Bertz CT molecular complexity index is 1600. The molecule has 8 aliphatic heterocycles. The molecule has 0 aliphatic carbocycles. The van der Waals surface area contributed by atoms with Gasteiger partial charge in [-0.2, -0.15) is 0 Å². The first-order valence-corrected chi connectivity index (χ1v) is 25.2. The fourth-order valence-corrected chi connectivity index (χ4v) is 11.3. The molecular weight excluding hydrogens is 805 g/mol. The van der Waals surface area contributed by atoms with Crippen LogP contribution in [0, 0.1) is 11.8 Å². The van der Waals surface area contributed by atoms with Gasteiger partial charge in [-0.15, -0.1) is 0 Å². The molecule has 0 unspecified atom stereocenters. The summed E-state index contributed by atoms with van der Waals surface area (Å²) in [4.78, 5) is 37.0. The van der Waals surface area contributed by atoms with Gasteiger partial charge in [0.05, 0.1) is 12.2 Å². The van der Waals surface area contributed by atoms with Gasteiger partial charge in [-0.25, -0.2) is 0 Å². The molecule has 2 N–H and O–H groups in total. The van der Waals surface area contributed by atoms with Crippen LogP contribution in [0.15, 0.2) is 60.7 Å². The van der Waals surface area contributed by atoms with E-state index < -0.39 is 0 Å². The van der Waals surface area contributed by atoms with E-state index in [-0.39, 0.29) is 42.4 Å². The number of methoxy groups -OCH3 is 2. The number of hydrogen-bond donors (Lipinski definition) is 1. The van der Waals surface area contributed by atoms with Gasteiger partial charge in [0, 0.05) is 78.4 Å². The molecule has 356 valence electrons. The number of esters is 2. The van der Waals surface area contributed by atoms with E-state index in [1.165, 1.54) is 63.0 Å². The summed E-state index contributed by atoms with van der Waals surface area (Å²) in [5.74, 6) is 1.20. The van der Waals surface area contributed by atoms with E-state index in [1.807, 2.05) is 7.11 Å². The molecule has 0 radical (unpaired) electrons. The van der Waals surface area contributed by atoms with Crippen molar-refractivity contribution in [3.8, 4) is 0 Å². The number of carbonyl (C=O) groups excluding carboxylic acids is 2. The van der Waals surface area contributed by atoms with Crippen molar-refractivity contribution in [2.75, 3.05) is 92.8 Å². The predicted octanol–water partition coefficient (Wildman–Crippen LogP) is 6.21. The summed E-state index contributed by atoms with van der Waals surface area (Å²) < 4.78 is 23.1. The maximum atomic E-state index is 12.4. The normalized spacial score (nSPS) is 30.4. The lowest BCUT2D eigenvalue weighted by molar-refractivity contribution is -0.159. The number of hydrogen-bond acceptors (Lipinski definition) is 12. The molecule has 12 nitrogen and oxygen atoms in total. The summed E-state index contributed by atoms with van der Waals surface area (Å²) in [5, 5.41) is 0. The highest BCUT2D eigenvalue weighted by Crippen LogP contribution is 2.31. The first kappa shape index (κ1) is 49.0. The molecule has 0 amide bonds. The first-order chi connectivity index (χ1) is 31.3. The molecule has 0 saturated carbocycles. The van der Waals surface area contributed by atoms with Crippen LogP contribution in [-0.2, 0) is 41.6 Å². The number of nitrogens with two attached hydrogens (primary N) is 1. The van der Waals surface area contributed by atoms with Crippen LogP contribution >= 0.6 is 0 Å². The summed E-state index contributed by atoms with van der Waals surface area (Å²) in [6, 6.07) is 22.1. The van der Waals surface area contributed by atoms with Gasteiger partial charge in [0.2, 0.25) is 0 Å². The number of carbonyl (C=O) groups is 2. The molecule has 8 aliphatic rings. The van der Waals surface area contributed by atoms with Crippen molar-refractivity contribution in [2.24, 2.45) is 17.6 Å². The lowest BCUT2D eigenvalue weighted by atomic mass is 9.86. The topological polar surface area (TPSA) is 113 Å². The van der Waals surface area contributed by atoms with Crippen molar-refractivity contribution in [3.05, 3.63) is 71.8 Å². The highest BCUT2D eigenvalue weighted by molar-refractivity contribution is 5.70. The summed E-state index contributed by atoms with van der Waals surface area (Å²) in [7, 11) is 3.61. The SMILES string of the molecule is CO[C@H]1CN(CCCCCC(=O)O[C@H]2CN3CCC2CC3)CC[C@H]1N.CO[C@H]1CN(CCCCCC(=O)O[C@H]2CN3CCC2CC3)CC[C@H]1N(Cc1ccccc1)Cc1ccccc1. The number of nitrogens with zero attached hydrogens (tertiary/aromatic N) is 5. The van der Waals surface area contributed by atoms with Crippen LogP contribution in [0.1, 0.15) is 101 Å². The summed E-state index contributed by atoms with van der Waals surface area (Å²) in [6.07, 6.45) is 14.9. The van der Waals surface area contributed by atoms with Crippen molar-refractivity contribution in [3.63, 3.8) is 0 Å². The van der Waals surface area contributed by atoms with E-state index >= 15 is 0 Å². The van der Waals surface area contributed by atoms with Crippen molar-refractivity contribution < 1.29 is 28.5 Å². The zero-order chi connectivity index (χ0) is 44.5. The molecule has 12 heteroatoms. The quantitative estimate of drug-likeness (QED) is 0.114. The smallest absolute Gasteiger partial charge is 0.306 e. The standard InChI is InChI=1S/C33H47N3O3.C19H35N3O3/c1-38-32-26-34(19-10-4-9-15-33(37)39-31-25-35-20-16-29(31)17-21-35)22-18-30(32)36(23-27-11-5-2-6-12-27)24-28-13-7-3-8-14-28;1-24-18-14-21(12-8-16(18)20)9-4-2-3-5-19(23)25-17-13-22-10-6-15(17)7-11-22/h2-3,5-8,11-14,29-32H,4,9-10,15-26H2,1H3;15-18H,2-14,20H2,1H3/t30-,31+,32+;16-,17+,18+/m11/s1. The monoisotopic (exact) mass is 887 g/mol. The molecule has 8 heterocycles. The number of rotatable bonds is 21. The fraction of sp³-hybridized carbons (Fsp3) is 0.731. The molecule has 6 atom stereocenters. The number of fused-ring (bicyclic) bond motifs is 6. The number of ether oxygens (including phenoxy) is 4. The Balaban J connectivity index is 0.000000211. The Morgan fingerprint density at radius 2 is 1.00 bits per heavy atom. The van der Waals surface area contributed by atoms with Crippen LogP contribution in [0.3, 0.4) is 0 Å². The summed E-state index contributed by atoms with van der Waals surface area (Å²) in [6.45, 7) is 14.7. The van der Waals surface area contributed by atoms with Gasteiger partial charge in [-0.3, -0.25) is 24.3 Å². The lowest BCUT2D eigenvalue weighted by Crippen LogP contribution is -2.54. The Labute approximate surface area is 385 Å². The minimum absolute atomic E-state index is 0.00198. The zero-order valence-electron chi connectivity index (χ0n) is 39.5. The van der Waals surface area contributed by atoms with Crippen LogP contribution < -0.4 is 5.73 Å². The van der Waals surface area contributed by atoms with E-state index in [9.17, 15) is 9.59 Å². The van der Waals surface area contributed by atoms with Crippen LogP contribution in [0.25, 0.3) is 0 Å². The van der Waals surface area contributed by atoms with Crippen molar-refractivity contribution in [2.45, 2.75) is 139 Å². The number of piperidine rings is 8. The zero-order valence-corrected chi connectivity index (χ0v) is 39.5. The van der Waals surface area contributed by atoms with E-state index in [1.54, 1.807) is 7.11 Å². The lowest BCUT2D eigenvalue weighted by Gasteiger charge is -2.44. The minimum Gasteiger partial charge on any atom is -0.461 e. The van der Waals surface area contributed by atoms with E-state index in [0.717, 1.165) is 117 Å². The molecule has 2 aromatic carbocycles. The van der Waals surface area contributed by atoms with Crippen LogP contribution in [0.4, 0.5) is 0 Å². The number of unbranched alkanes of at least 4 members (excludes halogenated alkanes) is 4. The molecule has 8 saturated heterocycles. The second kappa shape index (κ2) is 25.8. The Hall–Kier alpha value is -2.94. The van der Waals surface area contributed by atoms with Crippen molar-refractivity contribution in [1.82, 2.24) is 24.5 Å². The third kappa shape index (κ3) is 15.0. The molecule has 2 aromatic rings. The third-order valence-electron chi connectivity index (χ3n) is 15.3. The maximum Gasteiger partial charge on any atom is 0.306 e. The van der Waals surface area contributed by atoms with Gasteiger partial charge in [-0.1, -0.05) is 73.5 Å². The van der Waals surface area contributed by atoms with Crippen LogP contribution in [0.2, 0.25) is 0 Å². The number of benzene rings is 2. The summed E-state index contributed by atoms with van der Waals surface area (Å²) >= 11 is 0. The molecule has 8 fully saturated rings. The van der Waals surface area contributed by atoms with Gasteiger partial charge in [-0.05, 0) is 140 Å². The second-order valence-corrected chi connectivity index (χ2v) is 19.8. The Morgan fingerprint density at radius 1 is 0.547 bits per heavy atom. The minimum atomic E-state index is 0.00198. The van der Waals surface area contributed by atoms with Gasteiger partial charge < -0.3 is 34.5 Å². The van der Waals surface area contributed by atoms with Crippen molar-refractivity contribution in [1.29, 1.82) is 0 Å².